The molecule has 0 radical (unpaired) electrons. The predicted molar refractivity (Wildman–Crippen MR) is 85.8 cm³/mol. The molecule has 0 aliphatic carbocycles. The van der Waals surface area contributed by atoms with E-state index >= 15 is 0 Å². The van der Waals surface area contributed by atoms with Gasteiger partial charge in [-0.1, -0.05) is 35.2 Å². The summed E-state index contributed by atoms with van der Waals surface area (Å²) in [5.41, 5.74) is 2.26. The molecular weight excluding hydrogens is 323 g/mol. The quantitative estimate of drug-likeness (QED) is 0.799. The van der Waals surface area contributed by atoms with Crippen LogP contribution in [0.15, 0.2) is 34.1 Å². The van der Waals surface area contributed by atoms with Crippen LogP contribution in [-0.2, 0) is 4.79 Å². The van der Waals surface area contributed by atoms with E-state index in [1.165, 1.54) is 29.2 Å². The fourth-order valence-electron chi connectivity index (χ4n) is 2.35. The van der Waals surface area contributed by atoms with Crippen molar-refractivity contribution in [2.45, 2.75) is 4.34 Å². The average Bonchev–Trinajstić information content (AvgIpc) is 3.07. The van der Waals surface area contributed by atoms with Gasteiger partial charge in [-0.3, -0.25) is 4.79 Å². The molecule has 1 saturated heterocycles. The van der Waals surface area contributed by atoms with E-state index in [1.54, 1.807) is 17.6 Å². The Kier molecular flexibility index (Phi) is 4.89. The molecule has 0 bridgehead atoms. The maximum Gasteiger partial charge on any atom is 0.233 e. The number of carbonyl (C=O) groups is 1. The van der Waals surface area contributed by atoms with E-state index in [9.17, 15) is 9.18 Å². The SMILES string of the molecule is O=C(CSc1nncs1)N1CCN(c2ccccc2F)CC1. The summed E-state index contributed by atoms with van der Waals surface area (Å²) in [5, 5.41) is 7.65. The number of rotatable bonds is 4. The molecule has 2 aromatic rings. The maximum absolute atomic E-state index is 13.8. The first-order valence-corrected chi connectivity index (χ1v) is 8.77. The normalized spacial score (nSPS) is 15.1. The first kappa shape index (κ1) is 15.2. The van der Waals surface area contributed by atoms with Crippen molar-refractivity contribution in [2.24, 2.45) is 0 Å². The Morgan fingerprint density at radius 2 is 2.05 bits per heavy atom. The van der Waals surface area contributed by atoms with Crippen LogP contribution >= 0.6 is 23.1 Å². The van der Waals surface area contributed by atoms with Crippen LogP contribution in [0.4, 0.5) is 10.1 Å². The van der Waals surface area contributed by atoms with Crippen LogP contribution in [0.5, 0.6) is 0 Å². The van der Waals surface area contributed by atoms with Gasteiger partial charge in [-0.2, -0.15) is 0 Å². The summed E-state index contributed by atoms with van der Waals surface area (Å²) in [6, 6.07) is 6.75. The summed E-state index contributed by atoms with van der Waals surface area (Å²) in [4.78, 5) is 16.0. The summed E-state index contributed by atoms with van der Waals surface area (Å²) < 4.78 is 14.6. The number of halogens is 1. The molecule has 116 valence electrons. The third-order valence-corrected chi connectivity index (χ3v) is 5.33. The maximum atomic E-state index is 13.8. The van der Waals surface area contributed by atoms with Crippen LogP contribution in [0.1, 0.15) is 0 Å². The number of hydrogen-bond acceptors (Lipinski definition) is 6. The first-order valence-electron chi connectivity index (χ1n) is 6.90. The van der Waals surface area contributed by atoms with E-state index in [1.807, 2.05) is 15.9 Å². The lowest BCUT2D eigenvalue weighted by molar-refractivity contribution is -0.128. The van der Waals surface area contributed by atoms with E-state index in [-0.39, 0.29) is 11.7 Å². The molecule has 8 heteroatoms. The molecule has 0 atom stereocenters. The molecule has 1 fully saturated rings. The van der Waals surface area contributed by atoms with Crippen molar-refractivity contribution in [3.05, 3.63) is 35.6 Å². The standard InChI is InChI=1S/C14H15FN4OS2/c15-11-3-1-2-4-12(11)18-5-7-19(8-6-18)13(20)9-21-14-17-16-10-22-14/h1-4,10H,5-9H2. The number of para-hydroxylation sites is 1. The number of piperazine rings is 1. The molecule has 22 heavy (non-hydrogen) atoms. The van der Waals surface area contributed by atoms with Gasteiger partial charge in [-0.15, -0.1) is 10.2 Å². The highest BCUT2D eigenvalue weighted by atomic mass is 32.2. The number of aromatic nitrogens is 2. The minimum atomic E-state index is -0.214. The van der Waals surface area contributed by atoms with Gasteiger partial charge in [0.05, 0.1) is 11.4 Å². The minimum absolute atomic E-state index is 0.0911. The molecule has 1 aliphatic rings. The Bertz CT molecular complexity index is 630. The van der Waals surface area contributed by atoms with Gasteiger partial charge >= 0.3 is 0 Å². The molecule has 1 aliphatic heterocycles. The van der Waals surface area contributed by atoms with Crippen molar-refractivity contribution in [3.63, 3.8) is 0 Å². The Balaban J connectivity index is 1.51. The predicted octanol–water partition coefficient (Wildman–Crippen LogP) is 2.12. The second-order valence-electron chi connectivity index (χ2n) is 4.81. The number of anilines is 1. The Hall–Kier alpha value is -1.67. The molecule has 1 aromatic carbocycles. The molecule has 3 rings (SSSR count). The molecule has 1 aromatic heterocycles. The van der Waals surface area contributed by atoms with Crippen molar-refractivity contribution in [2.75, 3.05) is 36.8 Å². The highest BCUT2D eigenvalue weighted by Gasteiger charge is 2.22. The average molecular weight is 338 g/mol. The van der Waals surface area contributed by atoms with Gasteiger partial charge < -0.3 is 9.80 Å². The summed E-state index contributed by atoms with van der Waals surface area (Å²) in [6.45, 7) is 2.53. The van der Waals surface area contributed by atoms with Gasteiger partial charge in [0.2, 0.25) is 5.91 Å². The van der Waals surface area contributed by atoms with Gasteiger partial charge in [-0.25, -0.2) is 4.39 Å². The van der Waals surface area contributed by atoms with Gasteiger partial charge in [0, 0.05) is 26.2 Å². The Labute approximate surface area is 136 Å². The van der Waals surface area contributed by atoms with Crippen molar-refractivity contribution >= 4 is 34.7 Å². The van der Waals surface area contributed by atoms with Gasteiger partial charge in [0.1, 0.15) is 11.3 Å². The van der Waals surface area contributed by atoms with Gasteiger partial charge in [0.25, 0.3) is 0 Å². The van der Waals surface area contributed by atoms with E-state index < -0.39 is 0 Å². The van der Waals surface area contributed by atoms with Crippen molar-refractivity contribution < 1.29 is 9.18 Å². The number of carbonyl (C=O) groups excluding carboxylic acids is 1. The van der Waals surface area contributed by atoms with E-state index in [4.69, 9.17) is 0 Å². The van der Waals surface area contributed by atoms with E-state index in [2.05, 4.69) is 10.2 Å². The second-order valence-corrected chi connectivity index (χ2v) is 6.87. The van der Waals surface area contributed by atoms with Crippen LogP contribution in [0, 0.1) is 5.82 Å². The van der Waals surface area contributed by atoms with Crippen LogP contribution in [-0.4, -0.2) is 52.9 Å². The summed E-state index contributed by atoms with van der Waals surface area (Å²) in [7, 11) is 0. The number of hydrogen-bond donors (Lipinski definition) is 0. The summed E-state index contributed by atoms with van der Waals surface area (Å²) >= 11 is 2.84. The monoisotopic (exact) mass is 338 g/mol. The van der Waals surface area contributed by atoms with E-state index in [0.29, 0.717) is 37.6 Å². The number of benzene rings is 1. The Morgan fingerprint density at radius 3 is 2.73 bits per heavy atom. The molecule has 0 unspecified atom stereocenters. The van der Waals surface area contributed by atoms with E-state index in [0.717, 1.165) is 4.34 Å². The van der Waals surface area contributed by atoms with Crippen molar-refractivity contribution in [3.8, 4) is 0 Å². The topological polar surface area (TPSA) is 49.3 Å². The number of amides is 1. The summed E-state index contributed by atoms with van der Waals surface area (Å²) in [6.07, 6.45) is 0. The number of thioether (sulfide) groups is 1. The fraction of sp³-hybridized carbons (Fsp3) is 0.357. The molecule has 1 amide bonds. The van der Waals surface area contributed by atoms with Gasteiger partial charge in [-0.05, 0) is 12.1 Å². The fourth-order valence-corrected chi connectivity index (χ4v) is 3.74. The lowest BCUT2D eigenvalue weighted by Crippen LogP contribution is -2.49. The molecule has 0 saturated carbocycles. The molecular formula is C14H15FN4OS2. The zero-order valence-corrected chi connectivity index (χ0v) is 13.4. The molecule has 0 spiro atoms. The molecule has 0 N–H and O–H groups in total. The third-order valence-electron chi connectivity index (χ3n) is 3.48. The highest BCUT2D eigenvalue weighted by molar-refractivity contribution is 8.01. The first-order chi connectivity index (χ1) is 10.7. The summed E-state index contributed by atoms with van der Waals surface area (Å²) in [5.74, 6) is 0.247. The van der Waals surface area contributed by atoms with Gasteiger partial charge in [0.15, 0.2) is 4.34 Å². The van der Waals surface area contributed by atoms with Crippen LogP contribution < -0.4 is 4.90 Å². The van der Waals surface area contributed by atoms with Crippen LogP contribution in [0.2, 0.25) is 0 Å². The zero-order chi connectivity index (χ0) is 15.4. The third kappa shape index (κ3) is 3.56. The van der Waals surface area contributed by atoms with Crippen molar-refractivity contribution in [1.82, 2.24) is 15.1 Å². The van der Waals surface area contributed by atoms with Crippen molar-refractivity contribution in [1.29, 1.82) is 0 Å². The van der Waals surface area contributed by atoms with Crippen LogP contribution in [0.25, 0.3) is 0 Å². The minimum Gasteiger partial charge on any atom is -0.366 e. The van der Waals surface area contributed by atoms with Crippen LogP contribution in [0.3, 0.4) is 0 Å². The zero-order valence-electron chi connectivity index (χ0n) is 11.8. The highest BCUT2D eigenvalue weighted by Crippen LogP contribution is 2.22. The molecule has 5 nitrogen and oxygen atoms in total. The smallest absolute Gasteiger partial charge is 0.233 e. The lowest BCUT2D eigenvalue weighted by atomic mass is 10.2. The largest absolute Gasteiger partial charge is 0.366 e. The Morgan fingerprint density at radius 1 is 1.27 bits per heavy atom. The lowest BCUT2D eigenvalue weighted by Gasteiger charge is -2.36. The molecule has 2 heterocycles. The number of nitrogens with zero attached hydrogens (tertiary/aromatic N) is 4. The second kappa shape index (κ2) is 7.06.